The number of hydrogen-bond acceptors (Lipinski definition) is 3. The summed E-state index contributed by atoms with van der Waals surface area (Å²) >= 11 is 5.07. The van der Waals surface area contributed by atoms with Crippen LogP contribution in [-0.2, 0) is 0 Å². The normalized spacial score (nSPS) is 10.5. The number of alkyl halides is 2. The molecule has 0 atom stereocenters. The minimum Gasteiger partial charge on any atom is -0.383 e. The third-order valence-corrected chi connectivity index (χ3v) is 1.63. The minimum absolute atomic E-state index is 0.280. The van der Waals surface area contributed by atoms with Crippen molar-refractivity contribution in [3.63, 3.8) is 0 Å². The summed E-state index contributed by atoms with van der Waals surface area (Å²) in [4.78, 5) is 14.2. The van der Waals surface area contributed by atoms with E-state index in [1.54, 1.807) is 0 Å². The van der Waals surface area contributed by atoms with Crippen molar-refractivity contribution < 1.29 is 13.6 Å². The van der Waals surface area contributed by atoms with Crippen LogP contribution in [0.15, 0.2) is 12.3 Å². The van der Waals surface area contributed by atoms with Gasteiger partial charge in [0.15, 0.2) is 0 Å². The first kappa shape index (κ1) is 9.85. The van der Waals surface area contributed by atoms with Gasteiger partial charge in [0.25, 0.3) is 11.7 Å². The van der Waals surface area contributed by atoms with Crippen LogP contribution in [0.1, 0.15) is 22.3 Å². The van der Waals surface area contributed by atoms with Crippen molar-refractivity contribution in [2.45, 2.75) is 6.43 Å². The van der Waals surface area contributed by atoms with E-state index in [9.17, 15) is 13.6 Å². The van der Waals surface area contributed by atoms with Crippen molar-refractivity contribution in [3.05, 3.63) is 23.4 Å². The Morgan fingerprint density at radius 1 is 1.62 bits per heavy atom. The predicted octanol–water partition coefficient (Wildman–Crippen LogP) is 1.98. The smallest absolute Gasteiger partial charge is 0.264 e. The van der Waals surface area contributed by atoms with Crippen LogP contribution in [0.5, 0.6) is 0 Å². The van der Waals surface area contributed by atoms with Gasteiger partial charge >= 0.3 is 0 Å². The number of carbonyl (C=O) groups excluding carboxylic acids is 1. The highest BCUT2D eigenvalue weighted by Crippen LogP contribution is 2.26. The average Bonchev–Trinajstić information content (AvgIpc) is 2.02. The number of nitrogens with two attached hydrogens (primary N) is 1. The summed E-state index contributed by atoms with van der Waals surface area (Å²) in [6, 6.07) is 1.01. The second-order valence-corrected chi connectivity index (χ2v) is 2.58. The standard InChI is InChI=1S/C7H5ClF2N2O/c8-5(13)4-3(6(9)10)1-2-12-7(4)11/h1-2,6H,(H2,11,12). The van der Waals surface area contributed by atoms with Crippen LogP contribution >= 0.6 is 11.6 Å². The number of carbonyl (C=O) groups is 1. The van der Waals surface area contributed by atoms with Crippen molar-refractivity contribution in [1.82, 2.24) is 4.98 Å². The second kappa shape index (κ2) is 3.66. The highest BCUT2D eigenvalue weighted by Gasteiger charge is 2.19. The Labute approximate surface area is 77.5 Å². The van der Waals surface area contributed by atoms with Gasteiger partial charge in [0.1, 0.15) is 5.82 Å². The highest BCUT2D eigenvalue weighted by molar-refractivity contribution is 6.68. The van der Waals surface area contributed by atoms with Gasteiger partial charge in [-0.2, -0.15) is 0 Å². The number of nitrogen functional groups attached to an aromatic ring is 1. The van der Waals surface area contributed by atoms with Gasteiger partial charge in [-0.3, -0.25) is 4.79 Å². The van der Waals surface area contributed by atoms with Gasteiger partial charge in [0.05, 0.1) is 5.56 Å². The lowest BCUT2D eigenvalue weighted by Crippen LogP contribution is -2.05. The molecule has 0 aliphatic heterocycles. The van der Waals surface area contributed by atoms with E-state index in [1.165, 1.54) is 0 Å². The first-order valence-electron chi connectivity index (χ1n) is 3.26. The summed E-state index contributed by atoms with van der Waals surface area (Å²) in [5.41, 5.74) is 4.30. The summed E-state index contributed by atoms with van der Waals surface area (Å²) in [7, 11) is 0. The molecule has 0 radical (unpaired) electrons. The zero-order valence-corrected chi connectivity index (χ0v) is 7.05. The molecule has 0 saturated heterocycles. The van der Waals surface area contributed by atoms with Crippen LogP contribution < -0.4 is 5.73 Å². The molecule has 1 heterocycles. The summed E-state index contributed by atoms with van der Waals surface area (Å²) in [6.45, 7) is 0. The number of nitrogens with zero attached hydrogens (tertiary/aromatic N) is 1. The summed E-state index contributed by atoms with van der Waals surface area (Å²) in [6.07, 6.45) is -1.69. The Hall–Kier alpha value is -1.23. The fourth-order valence-electron chi connectivity index (χ4n) is 0.890. The van der Waals surface area contributed by atoms with Crippen molar-refractivity contribution in [2.24, 2.45) is 0 Å². The van der Waals surface area contributed by atoms with Crippen molar-refractivity contribution in [1.29, 1.82) is 0 Å². The Kier molecular flexibility index (Phi) is 2.77. The average molecular weight is 207 g/mol. The van der Waals surface area contributed by atoms with Gasteiger partial charge in [0.2, 0.25) is 0 Å². The SMILES string of the molecule is Nc1nccc(C(F)F)c1C(=O)Cl. The molecule has 6 heteroatoms. The molecule has 1 rings (SSSR count). The molecule has 0 bridgehead atoms. The lowest BCUT2D eigenvalue weighted by molar-refractivity contribution is 0.106. The van der Waals surface area contributed by atoms with E-state index in [1.807, 2.05) is 0 Å². The van der Waals surface area contributed by atoms with E-state index in [4.69, 9.17) is 17.3 Å². The summed E-state index contributed by atoms with van der Waals surface area (Å²) < 4.78 is 24.5. The lowest BCUT2D eigenvalue weighted by Gasteiger charge is -2.05. The Bertz CT molecular complexity index is 343. The Morgan fingerprint density at radius 3 is 2.62 bits per heavy atom. The van der Waals surface area contributed by atoms with Gasteiger partial charge in [-0.05, 0) is 17.7 Å². The molecule has 1 aromatic heterocycles. The molecule has 0 amide bonds. The monoisotopic (exact) mass is 206 g/mol. The molecule has 0 saturated carbocycles. The lowest BCUT2D eigenvalue weighted by atomic mass is 10.1. The minimum atomic E-state index is -2.79. The van der Waals surface area contributed by atoms with E-state index in [-0.39, 0.29) is 5.82 Å². The van der Waals surface area contributed by atoms with Gasteiger partial charge in [0, 0.05) is 11.8 Å². The molecule has 3 nitrogen and oxygen atoms in total. The Balaban J connectivity index is 3.34. The quantitative estimate of drug-likeness (QED) is 0.753. The van der Waals surface area contributed by atoms with Gasteiger partial charge in [-0.15, -0.1) is 0 Å². The Morgan fingerprint density at radius 2 is 2.23 bits per heavy atom. The van der Waals surface area contributed by atoms with Crippen LogP contribution in [0, 0.1) is 0 Å². The van der Waals surface area contributed by atoms with Crippen molar-refractivity contribution in [3.8, 4) is 0 Å². The topological polar surface area (TPSA) is 56.0 Å². The van der Waals surface area contributed by atoms with Crippen LogP contribution in [0.3, 0.4) is 0 Å². The molecule has 0 aliphatic carbocycles. The summed E-state index contributed by atoms with van der Waals surface area (Å²) in [5.74, 6) is -0.280. The first-order valence-corrected chi connectivity index (χ1v) is 3.64. The van der Waals surface area contributed by atoms with E-state index in [2.05, 4.69) is 4.98 Å². The fraction of sp³-hybridized carbons (Fsp3) is 0.143. The molecule has 13 heavy (non-hydrogen) atoms. The third kappa shape index (κ3) is 1.92. The largest absolute Gasteiger partial charge is 0.383 e. The third-order valence-electron chi connectivity index (χ3n) is 1.44. The first-order chi connectivity index (χ1) is 6.04. The second-order valence-electron chi connectivity index (χ2n) is 2.23. The fourth-order valence-corrected chi connectivity index (χ4v) is 1.10. The number of hydrogen-bond donors (Lipinski definition) is 1. The van der Waals surface area contributed by atoms with E-state index in [0.717, 1.165) is 12.3 Å². The number of pyridine rings is 1. The number of aromatic nitrogens is 1. The maximum absolute atomic E-state index is 12.3. The molecular formula is C7H5ClF2N2O. The highest BCUT2D eigenvalue weighted by atomic mass is 35.5. The van der Waals surface area contributed by atoms with Crippen LogP contribution in [0.4, 0.5) is 14.6 Å². The van der Waals surface area contributed by atoms with E-state index < -0.39 is 22.8 Å². The van der Waals surface area contributed by atoms with E-state index in [0.29, 0.717) is 0 Å². The zero-order chi connectivity index (χ0) is 10.0. The molecular weight excluding hydrogens is 202 g/mol. The molecule has 0 fully saturated rings. The van der Waals surface area contributed by atoms with Gasteiger partial charge < -0.3 is 5.73 Å². The maximum atomic E-state index is 12.3. The van der Waals surface area contributed by atoms with Crippen LogP contribution in [-0.4, -0.2) is 10.2 Å². The molecule has 1 aromatic rings. The van der Waals surface area contributed by atoms with Crippen molar-refractivity contribution in [2.75, 3.05) is 5.73 Å². The zero-order valence-electron chi connectivity index (χ0n) is 6.30. The molecule has 0 spiro atoms. The van der Waals surface area contributed by atoms with Gasteiger partial charge in [-0.25, -0.2) is 13.8 Å². The number of rotatable bonds is 2. The molecule has 70 valence electrons. The molecule has 0 unspecified atom stereocenters. The molecule has 2 N–H and O–H groups in total. The van der Waals surface area contributed by atoms with Gasteiger partial charge in [-0.1, -0.05) is 0 Å². The van der Waals surface area contributed by atoms with Crippen molar-refractivity contribution >= 4 is 22.7 Å². The number of halogens is 3. The van der Waals surface area contributed by atoms with Crippen LogP contribution in [0.25, 0.3) is 0 Å². The predicted molar refractivity (Wildman–Crippen MR) is 43.8 cm³/mol. The maximum Gasteiger partial charge on any atom is 0.264 e. The molecule has 0 aliphatic rings. The number of anilines is 1. The van der Waals surface area contributed by atoms with Crippen LogP contribution in [0.2, 0.25) is 0 Å². The molecule has 0 aromatic carbocycles. The summed E-state index contributed by atoms with van der Waals surface area (Å²) in [5, 5.41) is -1.03. The van der Waals surface area contributed by atoms with E-state index >= 15 is 0 Å².